The number of para-hydroxylation sites is 1. The summed E-state index contributed by atoms with van der Waals surface area (Å²) in [6, 6.07) is 67.6. The molecule has 0 aliphatic rings. The van der Waals surface area contributed by atoms with Crippen molar-refractivity contribution >= 4 is 71.3 Å². The number of hydrogen-bond donors (Lipinski definition) is 0. The lowest BCUT2D eigenvalue weighted by Gasteiger charge is -2.28. The molecular formula is C48H31NO. The van der Waals surface area contributed by atoms with Crippen LogP contribution < -0.4 is 4.90 Å². The zero-order chi connectivity index (χ0) is 33.0. The van der Waals surface area contributed by atoms with Crippen molar-refractivity contribution < 1.29 is 4.42 Å². The molecule has 0 radical (unpaired) electrons. The van der Waals surface area contributed by atoms with Gasteiger partial charge >= 0.3 is 0 Å². The lowest BCUT2D eigenvalue weighted by molar-refractivity contribution is 0.669. The quantitative estimate of drug-likeness (QED) is 0.175. The van der Waals surface area contributed by atoms with E-state index in [1.54, 1.807) is 0 Å². The van der Waals surface area contributed by atoms with E-state index < -0.39 is 0 Å². The molecular weight excluding hydrogens is 607 g/mol. The summed E-state index contributed by atoms with van der Waals surface area (Å²) >= 11 is 0. The van der Waals surface area contributed by atoms with E-state index in [1.807, 2.05) is 6.07 Å². The van der Waals surface area contributed by atoms with Gasteiger partial charge in [-0.25, -0.2) is 0 Å². The first-order chi connectivity index (χ1) is 24.8. The summed E-state index contributed by atoms with van der Waals surface area (Å²) in [6.07, 6.45) is 0. The molecule has 0 atom stereocenters. The van der Waals surface area contributed by atoms with Gasteiger partial charge in [0, 0.05) is 16.8 Å². The van der Waals surface area contributed by atoms with Gasteiger partial charge in [0.05, 0.1) is 11.1 Å². The van der Waals surface area contributed by atoms with Crippen LogP contribution >= 0.6 is 0 Å². The van der Waals surface area contributed by atoms with E-state index in [0.29, 0.717) is 0 Å². The highest BCUT2D eigenvalue weighted by Gasteiger charge is 2.21. The van der Waals surface area contributed by atoms with E-state index >= 15 is 0 Å². The Bertz CT molecular complexity index is 2870. The van der Waals surface area contributed by atoms with Gasteiger partial charge in [-0.15, -0.1) is 0 Å². The summed E-state index contributed by atoms with van der Waals surface area (Å²) in [4.78, 5) is 2.40. The molecule has 50 heavy (non-hydrogen) atoms. The Kier molecular flexibility index (Phi) is 6.53. The second kappa shape index (κ2) is 11.5. The van der Waals surface area contributed by atoms with Gasteiger partial charge in [0.2, 0.25) is 0 Å². The number of benzene rings is 9. The molecule has 0 spiro atoms. The summed E-state index contributed by atoms with van der Waals surface area (Å²) in [5.41, 5.74) is 9.74. The number of hydrogen-bond acceptors (Lipinski definition) is 2. The lowest BCUT2D eigenvalue weighted by Crippen LogP contribution is -2.10. The Morgan fingerprint density at radius 1 is 0.340 bits per heavy atom. The Balaban J connectivity index is 1.26. The number of furan rings is 1. The van der Waals surface area contributed by atoms with Crippen LogP contribution in [-0.2, 0) is 0 Å². The molecule has 0 aliphatic heterocycles. The van der Waals surface area contributed by atoms with Gasteiger partial charge in [-0.1, -0.05) is 146 Å². The number of anilines is 3. The molecule has 10 rings (SSSR count). The van der Waals surface area contributed by atoms with Crippen LogP contribution in [0.2, 0.25) is 0 Å². The fourth-order valence-electron chi connectivity index (χ4n) is 7.73. The van der Waals surface area contributed by atoms with E-state index in [0.717, 1.165) is 39.0 Å². The topological polar surface area (TPSA) is 16.4 Å². The van der Waals surface area contributed by atoms with Crippen molar-refractivity contribution in [2.75, 3.05) is 4.90 Å². The van der Waals surface area contributed by atoms with Crippen molar-refractivity contribution in [1.29, 1.82) is 0 Å². The van der Waals surface area contributed by atoms with E-state index in [9.17, 15) is 0 Å². The maximum absolute atomic E-state index is 6.42. The summed E-state index contributed by atoms with van der Waals surface area (Å²) in [5.74, 6) is 0. The molecule has 234 valence electrons. The van der Waals surface area contributed by atoms with E-state index in [4.69, 9.17) is 4.42 Å². The van der Waals surface area contributed by atoms with Crippen LogP contribution in [0.4, 0.5) is 17.1 Å². The normalized spacial score (nSPS) is 11.6. The third kappa shape index (κ3) is 4.57. The smallest absolute Gasteiger partial charge is 0.137 e. The SMILES string of the molecule is c1ccc(-c2ccc(N(c3ccc4c(ccc5ccc6ccccc6c54)c3)c3cccc4oc5ccccc5c34)cc2-c2ccccc2)cc1. The Morgan fingerprint density at radius 2 is 0.940 bits per heavy atom. The van der Waals surface area contributed by atoms with Gasteiger partial charge in [-0.05, 0) is 97.0 Å². The molecule has 9 aromatic carbocycles. The van der Waals surface area contributed by atoms with Crippen molar-refractivity contribution in [3.8, 4) is 22.3 Å². The molecule has 0 saturated heterocycles. The van der Waals surface area contributed by atoms with E-state index in [1.165, 1.54) is 54.6 Å². The molecule has 10 aromatic rings. The summed E-state index contributed by atoms with van der Waals surface area (Å²) in [5, 5.41) is 9.72. The van der Waals surface area contributed by atoms with Crippen molar-refractivity contribution in [1.82, 2.24) is 0 Å². The van der Waals surface area contributed by atoms with Crippen molar-refractivity contribution in [2.45, 2.75) is 0 Å². The third-order valence-corrected chi connectivity index (χ3v) is 10.0. The van der Waals surface area contributed by atoms with Crippen LogP contribution in [0.15, 0.2) is 192 Å². The average molecular weight is 638 g/mol. The fraction of sp³-hybridized carbons (Fsp3) is 0. The molecule has 0 N–H and O–H groups in total. The molecule has 0 saturated carbocycles. The summed E-state index contributed by atoms with van der Waals surface area (Å²) < 4.78 is 6.42. The van der Waals surface area contributed by atoms with Crippen molar-refractivity contribution in [3.63, 3.8) is 0 Å². The van der Waals surface area contributed by atoms with Gasteiger partial charge in [0.25, 0.3) is 0 Å². The monoisotopic (exact) mass is 637 g/mol. The molecule has 1 heterocycles. The van der Waals surface area contributed by atoms with E-state index in [2.05, 4.69) is 187 Å². The van der Waals surface area contributed by atoms with Gasteiger partial charge in [-0.2, -0.15) is 0 Å². The third-order valence-electron chi connectivity index (χ3n) is 10.0. The average Bonchev–Trinajstić information content (AvgIpc) is 3.58. The van der Waals surface area contributed by atoms with Crippen LogP contribution in [0, 0.1) is 0 Å². The molecule has 0 unspecified atom stereocenters. The molecule has 0 aliphatic carbocycles. The van der Waals surface area contributed by atoms with Crippen LogP contribution in [0.25, 0.3) is 76.5 Å². The highest BCUT2D eigenvalue weighted by Crippen LogP contribution is 2.46. The van der Waals surface area contributed by atoms with Crippen LogP contribution in [-0.4, -0.2) is 0 Å². The molecule has 0 fully saturated rings. The fourth-order valence-corrected chi connectivity index (χ4v) is 7.73. The summed E-state index contributed by atoms with van der Waals surface area (Å²) in [6.45, 7) is 0. The predicted molar refractivity (Wildman–Crippen MR) is 212 cm³/mol. The summed E-state index contributed by atoms with van der Waals surface area (Å²) in [7, 11) is 0. The van der Waals surface area contributed by atoms with Crippen molar-refractivity contribution in [3.05, 3.63) is 188 Å². The number of nitrogens with zero attached hydrogens (tertiary/aromatic N) is 1. The zero-order valence-corrected chi connectivity index (χ0v) is 27.3. The van der Waals surface area contributed by atoms with Crippen molar-refractivity contribution in [2.24, 2.45) is 0 Å². The molecule has 0 bridgehead atoms. The maximum Gasteiger partial charge on any atom is 0.137 e. The number of rotatable bonds is 5. The first-order valence-electron chi connectivity index (χ1n) is 17.1. The largest absolute Gasteiger partial charge is 0.456 e. The predicted octanol–water partition coefficient (Wildman–Crippen LogP) is 13.8. The van der Waals surface area contributed by atoms with Gasteiger partial charge in [0.15, 0.2) is 0 Å². The minimum Gasteiger partial charge on any atom is -0.456 e. The highest BCUT2D eigenvalue weighted by molar-refractivity contribution is 6.21. The van der Waals surface area contributed by atoms with Crippen LogP contribution in [0.5, 0.6) is 0 Å². The minimum atomic E-state index is 0.871. The van der Waals surface area contributed by atoms with Crippen LogP contribution in [0.1, 0.15) is 0 Å². The zero-order valence-electron chi connectivity index (χ0n) is 27.3. The number of fused-ring (bicyclic) bond motifs is 8. The minimum absolute atomic E-state index is 0.871. The molecule has 1 aromatic heterocycles. The molecule has 0 amide bonds. The van der Waals surface area contributed by atoms with Gasteiger partial charge in [0.1, 0.15) is 11.2 Å². The lowest BCUT2D eigenvalue weighted by atomic mass is 9.93. The Labute approximate surface area is 290 Å². The maximum atomic E-state index is 6.42. The first-order valence-corrected chi connectivity index (χ1v) is 17.1. The first kappa shape index (κ1) is 28.4. The van der Waals surface area contributed by atoms with Crippen LogP contribution in [0.3, 0.4) is 0 Å². The van der Waals surface area contributed by atoms with Gasteiger partial charge < -0.3 is 9.32 Å². The second-order valence-electron chi connectivity index (χ2n) is 12.9. The standard InChI is InChI=1S/C48H31NO/c1-3-12-32(13-4-1)39-28-26-38(31-43(39)33-14-5-2-6-15-33)49(44-19-11-21-46-48(44)42-18-9-10-20-45(42)50-46)37-27-29-41-36(30-37)25-24-35-23-22-34-16-7-8-17-40(34)47(35)41/h1-31H. The second-order valence-corrected chi connectivity index (χ2v) is 12.9. The Hall–Kier alpha value is -6.64. The van der Waals surface area contributed by atoms with E-state index in [-0.39, 0.29) is 0 Å². The molecule has 2 nitrogen and oxygen atoms in total. The Morgan fingerprint density at radius 3 is 1.76 bits per heavy atom. The van der Waals surface area contributed by atoms with Gasteiger partial charge in [-0.3, -0.25) is 0 Å². The molecule has 2 heteroatoms. The highest BCUT2D eigenvalue weighted by atomic mass is 16.3.